The van der Waals surface area contributed by atoms with Gasteiger partial charge in [-0.1, -0.05) is 0 Å². The van der Waals surface area contributed by atoms with Crippen molar-refractivity contribution in [3.63, 3.8) is 0 Å². The number of benzene rings is 2. The molecule has 5 heteroatoms. The van der Waals surface area contributed by atoms with Gasteiger partial charge in [-0.3, -0.25) is 0 Å². The van der Waals surface area contributed by atoms with E-state index >= 15 is 0 Å². The molecular formula is C16H24Cl2P2Pd. The Morgan fingerprint density at radius 3 is 1.19 bits per heavy atom. The molecule has 0 bridgehead atoms. The molecule has 0 aliphatic carbocycles. The van der Waals surface area contributed by atoms with E-state index in [0.717, 1.165) is 0 Å². The summed E-state index contributed by atoms with van der Waals surface area (Å²) >= 11 is -2.56. The third-order valence-corrected chi connectivity index (χ3v) is 61.8. The fourth-order valence-corrected chi connectivity index (χ4v) is 43.6. The Bertz CT molecular complexity index is 545. The summed E-state index contributed by atoms with van der Waals surface area (Å²) in [4.78, 5) is 0. The second kappa shape index (κ2) is 6.58. The molecule has 0 atom stereocenters. The van der Waals surface area contributed by atoms with E-state index in [1.54, 1.807) is 0 Å². The predicted octanol–water partition coefficient (Wildman–Crippen LogP) is 4.95. The molecule has 2 aromatic carbocycles. The number of halogens is 2. The van der Waals surface area contributed by atoms with Crippen molar-refractivity contribution >= 4 is 40.6 Å². The summed E-state index contributed by atoms with van der Waals surface area (Å²) in [6.45, 7) is 9.38. The van der Waals surface area contributed by atoms with Gasteiger partial charge in [-0.15, -0.1) is 0 Å². The molecule has 0 aliphatic rings. The standard InChI is InChI=1S/2C8H11P.2ClH.Pd/c2*1-9(2)8-6-4-3-5-7-8;;;/h2*3-7H,1-2H3;2*1H;. The first-order valence-electron chi connectivity index (χ1n) is 6.88. The van der Waals surface area contributed by atoms with Gasteiger partial charge in [0.05, 0.1) is 0 Å². The molecule has 0 amide bonds. The molecular weight excluding hydrogens is 431 g/mol. The molecule has 0 aliphatic heterocycles. The fourth-order valence-electron chi connectivity index (χ4n) is 2.37. The Balaban J connectivity index is 2.50. The molecule has 0 heterocycles. The average Bonchev–Trinajstić information content (AvgIpc) is 2.48. The van der Waals surface area contributed by atoms with Crippen LogP contribution in [0.2, 0.25) is 0 Å². The van der Waals surface area contributed by atoms with Crippen LogP contribution in [0.3, 0.4) is 0 Å². The molecule has 0 radical (unpaired) electrons. The van der Waals surface area contributed by atoms with Gasteiger partial charge in [0.25, 0.3) is 0 Å². The zero-order valence-corrected chi connectivity index (χ0v) is 17.9. The summed E-state index contributed by atoms with van der Waals surface area (Å²) in [6.07, 6.45) is 0. The molecule has 0 unspecified atom stereocenters. The van der Waals surface area contributed by atoms with Crippen molar-refractivity contribution in [1.29, 1.82) is 0 Å². The summed E-state index contributed by atoms with van der Waals surface area (Å²) in [7, 11) is 14.5. The van der Waals surface area contributed by atoms with Gasteiger partial charge < -0.3 is 0 Å². The van der Waals surface area contributed by atoms with Crippen molar-refractivity contribution in [3.05, 3.63) is 60.7 Å². The van der Waals surface area contributed by atoms with Crippen molar-refractivity contribution in [2.24, 2.45) is 0 Å². The monoisotopic (exact) mass is 454 g/mol. The van der Waals surface area contributed by atoms with Crippen LogP contribution in [0.5, 0.6) is 0 Å². The number of rotatable bonds is 4. The Morgan fingerprint density at radius 1 is 0.619 bits per heavy atom. The van der Waals surface area contributed by atoms with Crippen LogP contribution < -0.4 is 10.6 Å². The maximum absolute atomic E-state index is 7.23. The number of hydrogen-bond acceptors (Lipinski definition) is 0. The maximum atomic E-state index is 7.23. The van der Waals surface area contributed by atoms with Gasteiger partial charge in [-0.25, -0.2) is 0 Å². The van der Waals surface area contributed by atoms with Gasteiger partial charge in [-0.05, 0) is 0 Å². The molecule has 21 heavy (non-hydrogen) atoms. The molecule has 122 valence electrons. The van der Waals surface area contributed by atoms with Crippen molar-refractivity contribution in [2.75, 3.05) is 26.7 Å². The van der Waals surface area contributed by atoms with Gasteiger partial charge in [0.15, 0.2) is 0 Å². The van der Waals surface area contributed by atoms with E-state index in [-0.39, 0.29) is 0 Å². The predicted molar refractivity (Wildman–Crippen MR) is 104 cm³/mol. The minimum atomic E-state index is -2.56. The van der Waals surface area contributed by atoms with Crippen molar-refractivity contribution in [1.82, 2.24) is 0 Å². The molecule has 2 rings (SSSR count). The van der Waals surface area contributed by atoms with Crippen LogP contribution in [0.4, 0.5) is 0 Å². The van der Waals surface area contributed by atoms with Crippen molar-refractivity contribution in [2.45, 2.75) is 0 Å². The summed E-state index contributed by atoms with van der Waals surface area (Å²) in [5.41, 5.74) is -3.77. The second-order valence-electron chi connectivity index (χ2n) is 5.89. The van der Waals surface area contributed by atoms with E-state index in [2.05, 4.69) is 87.3 Å². The molecule has 2 aromatic rings. The van der Waals surface area contributed by atoms with Gasteiger partial charge in [0.2, 0.25) is 0 Å². The molecule has 0 fully saturated rings. The third-order valence-electron chi connectivity index (χ3n) is 3.88. The van der Waals surface area contributed by atoms with E-state index < -0.39 is 23.4 Å². The number of hydrogen-bond donors (Lipinski definition) is 0. The molecule has 0 saturated heterocycles. The first-order valence-corrected chi connectivity index (χ1v) is 21.2. The van der Waals surface area contributed by atoms with Crippen LogP contribution in [0.15, 0.2) is 60.7 Å². The molecule has 0 nitrogen and oxygen atoms in total. The van der Waals surface area contributed by atoms with Gasteiger partial charge in [0.1, 0.15) is 0 Å². The van der Waals surface area contributed by atoms with Crippen molar-refractivity contribution < 1.29 is 12.5 Å². The van der Waals surface area contributed by atoms with Crippen LogP contribution in [0, 0.1) is 0 Å². The quantitative estimate of drug-likeness (QED) is 0.452. The average molecular weight is 456 g/mol. The topological polar surface area (TPSA) is 0 Å². The summed E-state index contributed by atoms with van der Waals surface area (Å²) in [5, 5.41) is 2.76. The van der Waals surface area contributed by atoms with Crippen molar-refractivity contribution in [3.8, 4) is 0 Å². The SMILES string of the molecule is C[PH](C)(c1ccccc1)[Pd]([Cl])([Cl])[PH](C)(C)c1ccccc1. The Kier molecular flexibility index (Phi) is 5.60. The van der Waals surface area contributed by atoms with Crippen LogP contribution in [0.1, 0.15) is 0 Å². The molecule has 0 aromatic heterocycles. The Labute approximate surface area is 139 Å². The second-order valence-corrected chi connectivity index (χ2v) is 43.3. The van der Waals surface area contributed by atoms with Crippen LogP contribution >= 0.6 is 30.0 Å². The first-order chi connectivity index (χ1) is 9.71. The zero-order chi connectivity index (χ0) is 15.7. The molecule has 0 spiro atoms. The van der Waals surface area contributed by atoms with Gasteiger partial charge in [-0.2, -0.15) is 0 Å². The van der Waals surface area contributed by atoms with Crippen LogP contribution in [-0.4, -0.2) is 26.7 Å². The first kappa shape index (κ1) is 17.9. The van der Waals surface area contributed by atoms with E-state index in [4.69, 9.17) is 19.1 Å². The molecule has 0 saturated carbocycles. The summed E-state index contributed by atoms with van der Waals surface area (Å²) in [5.74, 6) is 0. The van der Waals surface area contributed by atoms with Gasteiger partial charge in [0, 0.05) is 0 Å². The normalized spacial score (nSPS) is 15.5. The fraction of sp³-hybridized carbons (Fsp3) is 0.250. The molecule has 0 N–H and O–H groups in total. The van der Waals surface area contributed by atoms with E-state index in [9.17, 15) is 0 Å². The zero-order valence-electron chi connectivity index (χ0n) is 12.8. The van der Waals surface area contributed by atoms with E-state index in [1.165, 1.54) is 10.6 Å². The summed E-state index contributed by atoms with van der Waals surface area (Å²) < 4.78 is 0. The van der Waals surface area contributed by atoms with Gasteiger partial charge >= 0.3 is 140 Å². The summed E-state index contributed by atoms with van der Waals surface area (Å²) in [6, 6.07) is 21.3. The Hall–Kier alpha value is 0.542. The van der Waals surface area contributed by atoms with Crippen LogP contribution in [0.25, 0.3) is 0 Å². The Morgan fingerprint density at radius 2 is 0.905 bits per heavy atom. The van der Waals surface area contributed by atoms with E-state index in [1.807, 2.05) is 0 Å². The van der Waals surface area contributed by atoms with E-state index in [0.29, 0.717) is 0 Å². The minimum absolute atomic E-state index is 1.38. The third kappa shape index (κ3) is 3.26. The van der Waals surface area contributed by atoms with Crippen LogP contribution in [-0.2, 0) is 12.5 Å².